The number of fused-ring (bicyclic) bond motifs is 1. The second-order valence-electron chi connectivity index (χ2n) is 8.64. The van der Waals surface area contributed by atoms with E-state index >= 15 is 0 Å². The molecule has 4 aromatic carbocycles. The van der Waals surface area contributed by atoms with Crippen LogP contribution in [0, 0.1) is 0 Å². The molecule has 8 heteroatoms. The van der Waals surface area contributed by atoms with Gasteiger partial charge in [-0.2, -0.15) is 0 Å². The van der Waals surface area contributed by atoms with Crippen molar-refractivity contribution in [3.63, 3.8) is 0 Å². The zero-order valence-corrected chi connectivity index (χ0v) is 21.9. The predicted octanol–water partition coefficient (Wildman–Crippen LogP) is 5.84. The molecule has 0 aliphatic heterocycles. The van der Waals surface area contributed by atoms with E-state index in [1.165, 1.54) is 17.1 Å². The van der Waals surface area contributed by atoms with Crippen molar-refractivity contribution in [2.24, 2.45) is 0 Å². The topological polar surface area (TPSA) is 81.1 Å². The SMILES string of the molecule is COc1ccccc1CNC(=O)CCSc1nnc(CNc2cccc3ccccc23)n1-c1ccccc1. The largest absolute Gasteiger partial charge is 0.496 e. The van der Waals surface area contributed by atoms with Crippen LogP contribution >= 0.6 is 11.8 Å². The molecular formula is C30H29N5O2S. The number of benzene rings is 4. The maximum absolute atomic E-state index is 12.5. The van der Waals surface area contributed by atoms with Gasteiger partial charge in [-0.05, 0) is 29.7 Å². The van der Waals surface area contributed by atoms with E-state index in [0.29, 0.717) is 25.3 Å². The number of methoxy groups -OCH3 is 1. The zero-order chi connectivity index (χ0) is 26.2. The third-order valence-electron chi connectivity index (χ3n) is 6.17. The van der Waals surface area contributed by atoms with Crippen molar-refractivity contribution in [3.05, 3.63) is 108 Å². The fraction of sp³-hybridized carbons (Fsp3) is 0.167. The number of rotatable bonds is 11. The van der Waals surface area contributed by atoms with Gasteiger partial charge in [0.15, 0.2) is 11.0 Å². The maximum atomic E-state index is 12.5. The van der Waals surface area contributed by atoms with Crippen molar-refractivity contribution in [2.75, 3.05) is 18.2 Å². The first kappa shape index (κ1) is 25.4. The molecule has 0 aliphatic rings. The number of para-hydroxylation sites is 2. The van der Waals surface area contributed by atoms with Crippen LogP contribution in [0.5, 0.6) is 5.75 Å². The van der Waals surface area contributed by atoms with Gasteiger partial charge in [0.1, 0.15) is 5.75 Å². The number of thioether (sulfide) groups is 1. The molecule has 38 heavy (non-hydrogen) atoms. The van der Waals surface area contributed by atoms with Crippen molar-refractivity contribution in [3.8, 4) is 11.4 Å². The monoisotopic (exact) mass is 523 g/mol. The number of hydrogen-bond acceptors (Lipinski definition) is 6. The van der Waals surface area contributed by atoms with Gasteiger partial charge in [0, 0.05) is 41.0 Å². The minimum atomic E-state index is -0.0213. The molecule has 5 rings (SSSR count). The van der Waals surface area contributed by atoms with Crippen LogP contribution in [-0.4, -0.2) is 33.5 Å². The lowest BCUT2D eigenvalue weighted by atomic mass is 10.1. The van der Waals surface area contributed by atoms with Crippen LogP contribution in [0.4, 0.5) is 5.69 Å². The molecule has 0 radical (unpaired) electrons. The Morgan fingerprint density at radius 2 is 1.63 bits per heavy atom. The predicted molar refractivity (Wildman–Crippen MR) is 153 cm³/mol. The van der Waals surface area contributed by atoms with Crippen LogP contribution in [0.15, 0.2) is 102 Å². The fourth-order valence-electron chi connectivity index (χ4n) is 4.26. The Kier molecular flexibility index (Phi) is 8.20. The first-order valence-corrected chi connectivity index (χ1v) is 13.4. The molecular weight excluding hydrogens is 494 g/mol. The van der Waals surface area contributed by atoms with Gasteiger partial charge < -0.3 is 15.4 Å². The van der Waals surface area contributed by atoms with E-state index in [1.54, 1.807) is 7.11 Å². The number of carbonyl (C=O) groups excluding carboxylic acids is 1. The summed E-state index contributed by atoms with van der Waals surface area (Å²) >= 11 is 1.52. The summed E-state index contributed by atoms with van der Waals surface area (Å²) in [7, 11) is 1.63. The summed E-state index contributed by atoms with van der Waals surface area (Å²) in [6, 6.07) is 32.3. The summed E-state index contributed by atoms with van der Waals surface area (Å²) in [6.07, 6.45) is 0.366. The molecule has 0 spiro atoms. The number of amides is 1. The molecule has 7 nitrogen and oxygen atoms in total. The van der Waals surface area contributed by atoms with Crippen LogP contribution in [0.25, 0.3) is 16.5 Å². The van der Waals surface area contributed by atoms with Crippen LogP contribution in [-0.2, 0) is 17.9 Å². The van der Waals surface area contributed by atoms with Gasteiger partial charge in [0.2, 0.25) is 5.91 Å². The van der Waals surface area contributed by atoms with Gasteiger partial charge in [-0.15, -0.1) is 10.2 Å². The number of nitrogens with zero attached hydrogens (tertiary/aromatic N) is 3. The average molecular weight is 524 g/mol. The summed E-state index contributed by atoms with van der Waals surface area (Å²) in [5.41, 5.74) is 2.98. The third kappa shape index (κ3) is 5.98. The van der Waals surface area contributed by atoms with Crippen LogP contribution in [0.3, 0.4) is 0 Å². The third-order valence-corrected chi connectivity index (χ3v) is 7.10. The number of anilines is 1. The lowest BCUT2D eigenvalue weighted by molar-refractivity contribution is -0.120. The van der Waals surface area contributed by atoms with Gasteiger partial charge in [-0.25, -0.2) is 0 Å². The summed E-state index contributed by atoms with van der Waals surface area (Å²) < 4.78 is 7.42. The second kappa shape index (κ2) is 12.3. The number of hydrogen-bond donors (Lipinski definition) is 2. The van der Waals surface area contributed by atoms with Gasteiger partial charge >= 0.3 is 0 Å². The highest BCUT2D eigenvalue weighted by molar-refractivity contribution is 7.99. The number of carbonyl (C=O) groups is 1. The van der Waals surface area contributed by atoms with E-state index < -0.39 is 0 Å². The summed E-state index contributed by atoms with van der Waals surface area (Å²) in [5, 5.41) is 18.6. The first-order valence-electron chi connectivity index (χ1n) is 12.5. The molecule has 2 N–H and O–H groups in total. The van der Waals surface area contributed by atoms with E-state index in [0.717, 1.165) is 39.1 Å². The molecule has 1 amide bonds. The summed E-state index contributed by atoms with van der Waals surface area (Å²) in [4.78, 5) is 12.5. The lowest BCUT2D eigenvalue weighted by Gasteiger charge is -2.13. The Hall–Kier alpha value is -4.30. The molecule has 0 fully saturated rings. The molecule has 0 bridgehead atoms. The molecule has 1 heterocycles. The van der Waals surface area contributed by atoms with Crippen molar-refractivity contribution in [1.29, 1.82) is 0 Å². The average Bonchev–Trinajstić information content (AvgIpc) is 3.38. The number of nitrogens with one attached hydrogen (secondary N) is 2. The molecule has 0 saturated heterocycles. The Labute approximate surface area is 226 Å². The molecule has 0 saturated carbocycles. The maximum Gasteiger partial charge on any atom is 0.221 e. The van der Waals surface area contributed by atoms with E-state index in [1.807, 2.05) is 72.8 Å². The highest BCUT2D eigenvalue weighted by Gasteiger charge is 2.15. The Bertz CT molecular complexity index is 1510. The molecule has 0 aliphatic carbocycles. The Morgan fingerprint density at radius 3 is 2.50 bits per heavy atom. The smallest absolute Gasteiger partial charge is 0.221 e. The van der Waals surface area contributed by atoms with Crippen molar-refractivity contribution < 1.29 is 9.53 Å². The van der Waals surface area contributed by atoms with Gasteiger partial charge in [-0.3, -0.25) is 9.36 Å². The summed E-state index contributed by atoms with van der Waals surface area (Å²) in [6.45, 7) is 0.938. The zero-order valence-electron chi connectivity index (χ0n) is 21.1. The van der Waals surface area contributed by atoms with E-state index in [2.05, 4.69) is 49.7 Å². The molecule has 0 unspecified atom stereocenters. The van der Waals surface area contributed by atoms with Crippen molar-refractivity contribution in [1.82, 2.24) is 20.1 Å². The Morgan fingerprint density at radius 1 is 0.868 bits per heavy atom. The number of ether oxygens (including phenoxy) is 1. The highest BCUT2D eigenvalue weighted by atomic mass is 32.2. The van der Waals surface area contributed by atoms with Gasteiger partial charge in [0.25, 0.3) is 0 Å². The summed E-state index contributed by atoms with van der Waals surface area (Å²) in [5.74, 6) is 2.13. The standard InChI is InChI=1S/C30H29N5O2S/c1-37-27-17-8-6-11-23(27)20-32-29(36)18-19-38-30-34-33-28(35(30)24-13-3-2-4-14-24)21-31-26-16-9-12-22-10-5-7-15-25(22)26/h2-17,31H,18-21H2,1H3,(H,32,36). The second-order valence-corrected chi connectivity index (χ2v) is 9.70. The van der Waals surface area contributed by atoms with Crippen LogP contribution in [0.2, 0.25) is 0 Å². The molecule has 5 aromatic rings. The first-order chi connectivity index (χ1) is 18.7. The normalized spacial score (nSPS) is 10.9. The Balaban J connectivity index is 1.25. The van der Waals surface area contributed by atoms with E-state index in [9.17, 15) is 4.79 Å². The number of aromatic nitrogens is 3. The van der Waals surface area contributed by atoms with E-state index in [-0.39, 0.29) is 5.91 Å². The van der Waals surface area contributed by atoms with Crippen molar-refractivity contribution >= 4 is 34.1 Å². The van der Waals surface area contributed by atoms with E-state index in [4.69, 9.17) is 4.74 Å². The van der Waals surface area contributed by atoms with Gasteiger partial charge in [-0.1, -0.05) is 84.6 Å². The molecule has 192 valence electrons. The minimum Gasteiger partial charge on any atom is -0.496 e. The molecule has 0 atom stereocenters. The van der Waals surface area contributed by atoms with Crippen molar-refractivity contribution in [2.45, 2.75) is 24.7 Å². The van der Waals surface area contributed by atoms with Crippen LogP contribution < -0.4 is 15.4 Å². The van der Waals surface area contributed by atoms with Gasteiger partial charge in [0.05, 0.1) is 13.7 Å². The lowest BCUT2D eigenvalue weighted by Crippen LogP contribution is -2.23. The highest BCUT2D eigenvalue weighted by Crippen LogP contribution is 2.26. The molecule has 1 aromatic heterocycles. The quantitative estimate of drug-likeness (QED) is 0.212. The van der Waals surface area contributed by atoms with Crippen LogP contribution in [0.1, 0.15) is 17.8 Å². The fourth-order valence-corrected chi connectivity index (χ4v) is 5.17. The minimum absolute atomic E-state index is 0.0213.